The summed E-state index contributed by atoms with van der Waals surface area (Å²) in [5.74, 6) is 0.657. The van der Waals surface area contributed by atoms with E-state index in [1.54, 1.807) is 0 Å². The highest BCUT2D eigenvalue weighted by Crippen LogP contribution is 2.27. The van der Waals surface area contributed by atoms with Crippen molar-refractivity contribution in [3.8, 4) is 5.75 Å². The van der Waals surface area contributed by atoms with Crippen molar-refractivity contribution in [2.24, 2.45) is 0 Å². The molecule has 0 radical (unpaired) electrons. The number of nitrogens with one attached hydrogen (secondary N) is 1. The Morgan fingerprint density at radius 3 is 2.78 bits per heavy atom. The first-order chi connectivity index (χ1) is 11.1. The Kier molecular flexibility index (Phi) is 4.65. The lowest BCUT2D eigenvalue weighted by molar-refractivity contribution is -0.118. The van der Waals surface area contributed by atoms with Crippen molar-refractivity contribution in [3.05, 3.63) is 58.7 Å². The van der Waals surface area contributed by atoms with Crippen LogP contribution in [0.25, 0.3) is 0 Å². The van der Waals surface area contributed by atoms with Crippen LogP contribution in [0.5, 0.6) is 5.75 Å². The van der Waals surface area contributed by atoms with Gasteiger partial charge < -0.3 is 10.1 Å². The van der Waals surface area contributed by atoms with E-state index in [1.165, 1.54) is 29.5 Å². The highest BCUT2D eigenvalue weighted by atomic mass is 16.5. The Hall–Kier alpha value is -2.29. The lowest BCUT2D eigenvalue weighted by Gasteiger charge is -2.19. The fourth-order valence-corrected chi connectivity index (χ4v) is 3.19. The van der Waals surface area contributed by atoms with Gasteiger partial charge in [0, 0.05) is 5.69 Å². The van der Waals surface area contributed by atoms with Crippen LogP contribution in [-0.2, 0) is 17.6 Å². The number of ether oxygens (including phenoxy) is 1. The average Bonchev–Trinajstić information content (AvgIpc) is 2.54. The number of rotatable bonds is 4. The molecule has 2 aromatic rings. The van der Waals surface area contributed by atoms with Gasteiger partial charge in [0.15, 0.2) is 6.61 Å². The normalized spacial score (nSPS) is 13.3. The Bertz CT molecular complexity index is 722. The second-order valence-electron chi connectivity index (χ2n) is 6.26. The summed E-state index contributed by atoms with van der Waals surface area (Å²) >= 11 is 0. The number of hydrogen-bond donors (Lipinski definition) is 1. The monoisotopic (exact) mass is 309 g/mol. The molecule has 2 aromatic carbocycles. The van der Waals surface area contributed by atoms with Crippen LogP contribution in [0, 0.1) is 13.8 Å². The molecule has 1 N–H and O–H groups in total. The molecule has 0 saturated carbocycles. The minimum Gasteiger partial charge on any atom is -0.483 e. The summed E-state index contributed by atoms with van der Waals surface area (Å²) in [6, 6.07) is 12.1. The van der Waals surface area contributed by atoms with E-state index in [2.05, 4.69) is 17.4 Å². The zero-order valence-corrected chi connectivity index (χ0v) is 13.8. The predicted molar refractivity (Wildman–Crippen MR) is 93.1 cm³/mol. The third-order valence-electron chi connectivity index (χ3n) is 4.36. The van der Waals surface area contributed by atoms with E-state index in [9.17, 15) is 4.79 Å². The SMILES string of the molecule is Cc1ccc(OCC(=O)Nc2cccc3c2CCCC3)c(C)c1. The quantitative estimate of drug-likeness (QED) is 0.919. The highest BCUT2D eigenvalue weighted by Gasteiger charge is 2.14. The number of aryl methyl sites for hydroxylation is 3. The van der Waals surface area contributed by atoms with Crippen molar-refractivity contribution < 1.29 is 9.53 Å². The maximum absolute atomic E-state index is 12.2. The summed E-state index contributed by atoms with van der Waals surface area (Å²) in [7, 11) is 0. The van der Waals surface area contributed by atoms with Crippen LogP contribution in [0.3, 0.4) is 0 Å². The van der Waals surface area contributed by atoms with E-state index in [0.29, 0.717) is 0 Å². The van der Waals surface area contributed by atoms with Gasteiger partial charge in [0.2, 0.25) is 0 Å². The van der Waals surface area contributed by atoms with Gasteiger partial charge >= 0.3 is 0 Å². The number of carbonyl (C=O) groups is 1. The molecular formula is C20H23NO2. The van der Waals surface area contributed by atoms with Gasteiger partial charge in [-0.1, -0.05) is 29.8 Å². The first kappa shape index (κ1) is 15.6. The van der Waals surface area contributed by atoms with Crippen LogP contribution in [0.1, 0.15) is 35.1 Å². The Labute approximate surface area is 137 Å². The fourth-order valence-electron chi connectivity index (χ4n) is 3.19. The molecule has 1 aliphatic rings. The van der Waals surface area contributed by atoms with Crippen LogP contribution in [0.4, 0.5) is 5.69 Å². The van der Waals surface area contributed by atoms with E-state index in [-0.39, 0.29) is 12.5 Å². The molecule has 3 nitrogen and oxygen atoms in total. The van der Waals surface area contributed by atoms with E-state index in [4.69, 9.17) is 4.74 Å². The molecule has 120 valence electrons. The molecule has 0 fully saturated rings. The van der Waals surface area contributed by atoms with Crippen LogP contribution in [0.15, 0.2) is 36.4 Å². The summed E-state index contributed by atoms with van der Waals surface area (Å²) in [5.41, 5.74) is 5.84. The van der Waals surface area contributed by atoms with Crippen molar-refractivity contribution in [1.29, 1.82) is 0 Å². The minimum absolute atomic E-state index is 0.0353. The third kappa shape index (κ3) is 3.73. The van der Waals surface area contributed by atoms with E-state index >= 15 is 0 Å². The number of amides is 1. The molecule has 0 atom stereocenters. The van der Waals surface area contributed by atoms with Gasteiger partial charge in [0.25, 0.3) is 5.91 Å². The van der Waals surface area contributed by atoms with Gasteiger partial charge in [-0.15, -0.1) is 0 Å². The Morgan fingerprint density at radius 1 is 1.13 bits per heavy atom. The molecule has 0 aliphatic heterocycles. The smallest absolute Gasteiger partial charge is 0.262 e. The van der Waals surface area contributed by atoms with Gasteiger partial charge in [-0.25, -0.2) is 0 Å². The molecule has 0 aromatic heterocycles. The molecule has 0 bridgehead atoms. The second-order valence-corrected chi connectivity index (χ2v) is 6.26. The van der Waals surface area contributed by atoms with E-state index < -0.39 is 0 Å². The molecule has 1 amide bonds. The number of hydrogen-bond acceptors (Lipinski definition) is 2. The molecule has 1 aliphatic carbocycles. The lowest BCUT2D eigenvalue weighted by atomic mass is 9.90. The van der Waals surface area contributed by atoms with Gasteiger partial charge in [-0.05, 0) is 68.4 Å². The highest BCUT2D eigenvalue weighted by molar-refractivity contribution is 5.92. The minimum atomic E-state index is -0.107. The molecule has 3 heteroatoms. The molecule has 3 rings (SSSR count). The van der Waals surface area contributed by atoms with Gasteiger partial charge in [-0.3, -0.25) is 4.79 Å². The first-order valence-electron chi connectivity index (χ1n) is 8.24. The molecule has 0 saturated heterocycles. The number of anilines is 1. The summed E-state index contributed by atoms with van der Waals surface area (Å²) in [5, 5.41) is 3.01. The zero-order chi connectivity index (χ0) is 16.2. The summed E-state index contributed by atoms with van der Waals surface area (Å²) in [6.07, 6.45) is 4.58. The number of fused-ring (bicyclic) bond motifs is 1. The van der Waals surface area contributed by atoms with Crippen LogP contribution < -0.4 is 10.1 Å². The standard InChI is InChI=1S/C20H23NO2/c1-14-10-11-19(15(2)12-14)23-13-20(22)21-18-9-5-7-16-6-3-4-8-17(16)18/h5,7,9-12H,3-4,6,8,13H2,1-2H3,(H,21,22). The summed E-state index contributed by atoms with van der Waals surface area (Å²) < 4.78 is 5.66. The Morgan fingerprint density at radius 2 is 1.96 bits per heavy atom. The fraction of sp³-hybridized carbons (Fsp3) is 0.350. The molecular weight excluding hydrogens is 286 g/mol. The lowest BCUT2D eigenvalue weighted by Crippen LogP contribution is -2.22. The second kappa shape index (κ2) is 6.86. The maximum atomic E-state index is 12.2. The van der Waals surface area contributed by atoms with Crippen LogP contribution in [-0.4, -0.2) is 12.5 Å². The molecule has 0 spiro atoms. The maximum Gasteiger partial charge on any atom is 0.262 e. The van der Waals surface area contributed by atoms with Gasteiger partial charge in [0.05, 0.1) is 0 Å². The molecule has 23 heavy (non-hydrogen) atoms. The van der Waals surface area contributed by atoms with Crippen molar-refractivity contribution in [2.45, 2.75) is 39.5 Å². The third-order valence-corrected chi connectivity index (χ3v) is 4.36. The van der Waals surface area contributed by atoms with E-state index in [1.807, 2.05) is 38.1 Å². The average molecular weight is 309 g/mol. The molecule has 0 heterocycles. The number of benzene rings is 2. The van der Waals surface area contributed by atoms with E-state index in [0.717, 1.165) is 29.8 Å². The Balaban J connectivity index is 1.64. The van der Waals surface area contributed by atoms with Crippen molar-refractivity contribution >= 4 is 11.6 Å². The van der Waals surface area contributed by atoms with Gasteiger partial charge in [-0.2, -0.15) is 0 Å². The predicted octanol–water partition coefficient (Wildman–Crippen LogP) is 4.20. The zero-order valence-electron chi connectivity index (χ0n) is 13.8. The van der Waals surface area contributed by atoms with Crippen LogP contribution >= 0.6 is 0 Å². The summed E-state index contributed by atoms with van der Waals surface area (Å²) in [6.45, 7) is 4.07. The van der Waals surface area contributed by atoms with Crippen molar-refractivity contribution in [3.63, 3.8) is 0 Å². The van der Waals surface area contributed by atoms with Crippen molar-refractivity contribution in [2.75, 3.05) is 11.9 Å². The van der Waals surface area contributed by atoms with Crippen LogP contribution in [0.2, 0.25) is 0 Å². The number of carbonyl (C=O) groups excluding carboxylic acids is 1. The first-order valence-corrected chi connectivity index (χ1v) is 8.24. The molecule has 0 unspecified atom stereocenters. The van der Waals surface area contributed by atoms with Gasteiger partial charge in [0.1, 0.15) is 5.75 Å². The summed E-state index contributed by atoms with van der Waals surface area (Å²) in [4.78, 5) is 12.2. The largest absolute Gasteiger partial charge is 0.483 e. The van der Waals surface area contributed by atoms with Crippen molar-refractivity contribution in [1.82, 2.24) is 0 Å². The topological polar surface area (TPSA) is 38.3 Å².